The van der Waals surface area contributed by atoms with Crippen LogP contribution in [0, 0.1) is 0 Å². The molecule has 0 saturated heterocycles. The molecule has 1 heterocycles. The highest BCUT2D eigenvalue weighted by molar-refractivity contribution is 4.76. The number of unbranched alkanes of at least 4 members (excludes halogenated alkanes) is 19. The molecule has 31 heavy (non-hydrogen) atoms. The number of aromatic amines is 1. The van der Waals surface area contributed by atoms with Gasteiger partial charge in [0.2, 0.25) is 0 Å². The first kappa shape index (κ1) is 30.6. The maximum absolute atomic E-state index is 9.07. The minimum Gasteiger partial charge on any atom is -1.00 e. The van der Waals surface area contributed by atoms with Gasteiger partial charge in [0.25, 0.3) is 5.82 Å². The summed E-state index contributed by atoms with van der Waals surface area (Å²) in [5.41, 5.74) is 0. The SMILES string of the molecule is CCCCCCCCCCCCCCCCCCCCCC[n+]1cc[nH]c1CCO.[Br-]. The van der Waals surface area contributed by atoms with Gasteiger partial charge in [0.05, 0.1) is 19.6 Å². The minimum absolute atomic E-state index is 0. The lowest BCUT2D eigenvalue weighted by Crippen LogP contribution is -3.00. The first-order valence-corrected chi connectivity index (χ1v) is 13.5. The molecule has 0 aliphatic rings. The van der Waals surface area contributed by atoms with Crippen LogP contribution in [0.5, 0.6) is 0 Å². The number of halogens is 1. The summed E-state index contributed by atoms with van der Waals surface area (Å²) in [5.74, 6) is 1.15. The van der Waals surface area contributed by atoms with Gasteiger partial charge in [-0.15, -0.1) is 0 Å². The number of aryl methyl sites for hydroxylation is 1. The van der Waals surface area contributed by atoms with E-state index in [9.17, 15) is 0 Å². The third-order valence-electron chi connectivity index (χ3n) is 6.45. The zero-order chi connectivity index (χ0) is 21.5. The Morgan fingerprint density at radius 1 is 0.645 bits per heavy atom. The molecule has 0 saturated carbocycles. The topological polar surface area (TPSA) is 39.9 Å². The van der Waals surface area contributed by atoms with E-state index in [4.69, 9.17) is 5.11 Å². The number of aliphatic hydroxyl groups excluding tert-OH is 1. The Morgan fingerprint density at radius 2 is 1.03 bits per heavy atom. The lowest BCUT2D eigenvalue weighted by Gasteiger charge is -2.04. The number of nitrogens with one attached hydrogen (secondary N) is 1. The second kappa shape index (κ2) is 24.3. The molecule has 1 rings (SSSR count). The van der Waals surface area contributed by atoms with Crippen molar-refractivity contribution in [3.63, 3.8) is 0 Å². The van der Waals surface area contributed by atoms with Gasteiger partial charge >= 0.3 is 0 Å². The largest absolute Gasteiger partial charge is 1.00 e. The molecule has 0 unspecified atom stereocenters. The van der Waals surface area contributed by atoms with Crippen molar-refractivity contribution >= 4 is 0 Å². The van der Waals surface area contributed by atoms with Crippen LogP contribution in [0.1, 0.15) is 141 Å². The normalized spacial score (nSPS) is 11.0. The zero-order valence-corrected chi connectivity index (χ0v) is 22.3. The summed E-state index contributed by atoms with van der Waals surface area (Å²) in [5, 5.41) is 9.07. The Bertz CT molecular complexity index is 464. The molecule has 2 N–H and O–H groups in total. The van der Waals surface area contributed by atoms with Crippen LogP contribution in [0.3, 0.4) is 0 Å². The Balaban J connectivity index is 0.00000900. The van der Waals surface area contributed by atoms with Crippen molar-refractivity contribution in [2.45, 2.75) is 148 Å². The summed E-state index contributed by atoms with van der Waals surface area (Å²) in [7, 11) is 0. The second-order valence-corrected chi connectivity index (χ2v) is 9.29. The Hall–Kier alpha value is -0.350. The average Bonchev–Trinajstić information content (AvgIpc) is 3.19. The number of hydrogen-bond donors (Lipinski definition) is 2. The van der Waals surface area contributed by atoms with Gasteiger partial charge in [-0.2, -0.15) is 0 Å². The van der Waals surface area contributed by atoms with Crippen LogP contribution in [0.15, 0.2) is 12.4 Å². The molecule has 0 fully saturated rings. The number of imidazole rings is 1. The molecule has 1 aromatic heterocycles. The molecule has 1 aromatic rings. The number of H-pyrrole nitrogens is 1. The minimum atomic E-state index is 0. The number of aromatic nitrogens is 2. The van der Waals surface area contributed by atoms with E-state index >= 15 is 0 Å². The molecule has 0 aliphatic carbocycles. The average molecular weight is 502 g/mol. The zero-order valence-electron chi connectivity index (χ0n) is 20.7. The van der Waals surface area contributed by atoms with Gasteiger partial charge in [0.1, 0.15) is 12.4 Å². The van der Waals surface area contributed by atoms with E-state index in [1.807, 2.05) is 6.20 Å². The van der Waals surface area contributed by atoms with Gasteiger partial charge in [-0.3, -0.25) is 0 Å². The van der Waals surface area contributed by atoms with Crippen LogP contribution >= 0.6 is 0 Å². The van der Waals surface area contributed by atoms with E-state index < -0.39 is 0 Å². The van der Waals surface area contributed by atoms with E-state index in [-0.39, 0.29) is 23.6 Å². The number of hydrogen-bond acceptors (Lipinski definition) is 1. The van der Waals surface area contributed by atoms with Gasteiger partial charge in [-0.05, 0) is 12.8 Å². The van der Waals surface area contributed by atoms with Crippen molar-refractivity contribution in [1.82, 2.24) is 4.98 Å². The van der Waals surface area contributed by atoms with Crippen LogP contribution in [-0.2, 0) is 13.0 Å². The van der Waals surface area contributed by atoms with Crippen molar-refractivity contribution in [2.24, 2.45) is 0 Å². The van der Waals surface area contributed by atoms with E-state index in [0.29, 0.717) is 0 Å². The fourth-order valence-electron chi connectivity index (χ4n) is 4.46. The van der Waals surface area contributed by atoms with E-state index in [2.05, 4.69) is 22.7 Å². The highest BCUT2D eigenvalue weighted by Crippen LogP contribution is 2.14. The molecular formula is C27H53BrN2O. The predicted molar refractivity (Wildman–Crippen MR) is 130 cm³/mol. The maximum Gasteiger partial charge on any atom is 0.256 e. The van der Waals surface area contributed by atoms with E-state index in [1.54, 1.807) is 0 Å². The Morgan fingerprint density at radius 3 is 1.42 bits per heavy atom. The molecule has 0 amide bonds. The summed E-state index contributed by atoms with van der Waals surface area (Å²) >= 11 is 0. The molecule has 0 bridgehead atoms. The van der Waals surface area contributed by atoms with Crippen LogP contribution in [-0.4, -0.2) is 16.7 Å². The molecule has 0 atom stereocenters. The highest BCUT2D eigenvalue weighted by Gasteiger charge is 2.08. The smallest absolute Gasteiger partial charge is 0.256 e. The van der Waals surface area contributed by atoms with Crippen LogP contribution in [0.25, 0.3) is 0 Å². The van der Waals surface area contributed by atoms with Gasteiger partial charge in [-0.25, -0.2) is 9.55 Å². The van der Waals surface area contributed by atoms with Gasteiger partial charge in [-0.1, -0.05) is 122 Å². The first-order valence-electron chi connectivity index (χ1n) is 13.5. The van der Waals surface area contributed by atoms with Crippen LogP contribution < -0.4 is 21.5 Å². The molecule has 3 nitrogen and oxygen atoms in total. The molecular weight excluding hydrogens is 448 g/mol. The summed E-state index contributed by atoms with van der Waals surface area (Å²) in [6.45, 7) is 3.60. The molecule has 184 valence electrons. The predicted octanol–water partition coefficient (Wildman–Crippen LogP) is 4.66. The number of rotatable bonds is 23. The lowest BCUT2D eigenvalue weighted by molar-refractivity contribution is -0.703. The van der Waals surface area contributed by atoms with Gasteiger partial charge < -0.3 is 22.1 Å². The molecule has 0 aliphatic heterocycles. The van der Waals surface area contributed by atoms with Crippen molar-refractivity contribution < 1.29 is 26.7 Å². The third kappa shape index (κ3) is 18.9. The van der Waals surface area contributed by atoms with Crippen molar-refractivity contribution in [3.05, 3.63) is 18.2 Å². The van der Waals surface area contributed by atoms with Crippen molar-refractivity contribution in [3.8, 4) is 0 Å². The Labute approximate surface area is 204 Å². The van der Waals surface area contributed by atoms with Gasteiger partial charge in [0.15, 0.2) is 0 Å². The highest BCUT2D eigenvalue weighted by atomic mass is 79.9. The monoisotopic (exact) mass is 500 g/mol. The standard InChI is InChI=1S/C27H52N2O.BrH/c1-2-3-4-5-6-7-8-9-10-11-12-13-14-15-16-17-18-19-20-21-24-29-25-23-28-27(29)22-26-30;/h23,25,30H,2-22,24,26H2,1H3;1H. The second-order valence-electron chi connectivity index (χ2n) is 9.29. The first-order chi connectivity index (χ1) is 14.9. The molecule has 0 aromatic carbocycles. The lowest BCUT2D eigenvalue weighted by atomic mass is 10.0. The molecule has 0 radical (unpaired) electrons. The fourth-order valence-corrected chi connectivity index (χ4v) is 4.46. The maximum atomic E-state index is 9.07. The van der Waals surface area contributed by atoms with Crippen molar-refractivity contribution in [2.75, 3.05) is 6.61 Å². The van der Waals surface area contributed by atoms with Crippen molar-refractivity contribution in [1.29, 1.82) is 0 Å². The fraction of sp³-hybridized carbons (Fsp3) is 0.889. The quantitative estimate of drug-likeness (QED) is 0.166. The summed E-state index contributed by atoms with van der Waals surface area (Å²) < 4.78 is 2.25. The van der Waals surface area contributed by atoms with E-state index in [0.717, 1.165) is 18.8 Å². The number of aliphatic hydroxyl groups is 1. The third-order valence-corrected chi connectivity index (χ3v) is 6.45. The summed E-state index contributed by atoms with van der Waals surface area (Å²) in [4.78, 5) is 3.22. The van der Waals surface area contributed by atoms with Crippen LogP contribution in [0.2, 0.25) is 0 Å². The molecule has 0 spiro atoms. The van der Waals surface area contributed by atoms with Crippen LogP contribution in [0.4, 0.5) is 0 Å². The van der Waals surface area contributed by atoms with Gasteiger partial charge in [0, 0.05) is 0 Å². The molecule has 4 heteroatoms. The summed E-state index contributed by atoms with van der Waals surface area (Å²) in [6.07, 6.45) is 33.4. The summed E-state index contributed by atoms with van der Waals surface area (Å²) in [6, 6.07) is 0. The number of nitrogens with zero attached hydrogens (tertiary/aromatic N) is 1. The Kier molecular flexibility index (Phi) is 24.0. The van der Waals surface area contributed by atoms with E-state index in [1.165, 1.54) is 128 Å².